The van der Waals surface area contributed by atoms with Crippen molar-refractivity contribution in [3.8, 4) is 0 Å². The summed E-state index contributed by atoms with van der Waals surface area (Å²) in [4.78, 5) is 17.1. The third-order valence-corrected chi connectivity index (χ3v) is 5.50. The Labute approximate surface area is 209 Å². The molecule has 10 atom stereocenters. The summed E-state index contributed by atoms with van der Waals surface area (Å²) >= 11 is 0. The highest BCUT2D eigenvalue weighted by Gasteiger charge is 2.60. The van der Waals surface area contributed by atoms with E-state index < -0.39 is 86.8 Å². The van der Waals surface area contributed by atoms with E-state index in [9.17, 15) is 35.4 Å². The van der Waals surface area contributed by atoms with Gasteiger partial charge in [-0.2, -0.15) is 0 Å². The topological polar surface area (TPSA) is 294 Å². The maximum Gasteiger partial charge on any atom is 0.310 e. The summed E-state index contributed by atoms with van der Waals surface area (Å²) < 4.78 is 27.8. The van der Waals surface area contributed by atoms with E-state index in [1.807, 2.05) is 0 Å². The first-order chi connectivity index (χ1) is 17.6. The number of nitrogens with zero attached hydrogens (tertiary/aromatic N) is 6. The molecular formula is C18H31N7O12. The van der Waals surface area contributed by atoms with Crippen LogP contribution < -0.4 is 5.32 Å². The molecule has 2 rings (SSSR count). The van der Waals surface area contributed by atoms with Gasteiger partial charge in [0, 0.05) is 29.8 Å². The van der Waals surface area contributed by atoms with Crippen molar-refractivity contribution in [2.24, 2.45) is 10.2 Å². The molecule has 0 aliphatic carbocycles. The Morgan fingerprint density at radius 2 is 1.59 bits per heavy atom. The van der Waals surface area contributed by atoms with Gasteiger partial charge in [0.1, 0.15) is 48.8 Å². The molecule has 19 nitrogen and oxygen atoms in total. The Kier molecular flexibility index (Phi) is 12.1. The van der Waals surface area contributed by atoms with Gasteiger partial charge in [-0.1, -0.05) is 10.2 Å². The number of aliphatic hydroxyl groups is 6. The third kappa shape index (κ3) is 7.82. The van der Waals surface area contributed by atoms with Crippen LogP contribution in [0.2, 0.25) is 0 Å². The van der Waals surface area contributed by atoms with Crippen LogP contribution in [0.1, 0.15) is 6.92 Å². The van der Waals surface area contributed by atoms with Crippen molar-refractivity contribution in [2.75, 3.05) is 39.5 Å². The normalized spacial score (nSPS) is 37.8. The number of azide groups is 2. The van der Waals surface area contributed by atoms with Crippen LogP contribution in [0.25, 0.3) is 20.9 Å². The van der Waals surface area contributed by atoms with E-state index in [0.29, 0.717) is 0 Å². The average molecular weight is 537 g/mol. The Balaban J connectivity index is 2.42. The molecule has 7 N–H and O–H groups in total. The van der Waals surface area contributed by atoms with Gasteiger partial charge < -0.3 is 54.9 Å². The highest BCUT2D eigenvalue weighted by Crippen LogP contribution is 2.36. The minimum atomic E-state index is -2.55. The number of carbonyl (C=O) groups is 1. The van der Waals surface area contributed by atoms with Crippen LogP contribution in [0.3, 0.4) is 0 Å². The summed E-state index contributed by atoms with van der Waals surface area (Å²) in [6.45, 7) is -0.933. The Morgan fingerprint density at radius 3 is 2.19 bits per heavy atom. The molecule has 2 aliphatic heterocycles. The predicted molar refractivity (Wildman–Crippen MR) is 117 cm³/mol. The highest BCUT2D eigenvalue weighted by atomic mass is 16.9. The van der Waals surface area contributed by atoms with E-state index in [1.165, 1.54) is 0 Å². The molecule has 0 aromatic carbocycles. The minimum Gasteiger partial charge on any atom is -0.394 e. The fraction of sp³-hybridized carbons (Fsp3) is 0.944. The van der Waals surface area contributed by atoms with Crippen LogP contribution in [-0.2, 0) is 28.5 Å². The molecule has 2 fully saturated rings. The molecule has 1 unspecified atom stereocenters. The minimum absolute atomic E-state index is 0.0500. The van der Waals surface area contributed by atoms with E-state index in [2.05, 4.69) is 25.4 Å². The molecule has 0 aromatic heterocycles. The first-order valence-electron chi connectivity index (χ1n) is 11.1. The van der Waals surface area contributed by atoms with Gasteiger partial charge in [0.05, 0.1) is 26.4 Å². The number of nitrogens with one attached hydrogen (secondary N) is 1. The summed E-state index contributed by atoms with van der Waals surface area (Å²) in [5, 5.41) is 70.6. The molecule has 0 aromatic rings. The lowest BCUT2D eigenvalue weighted by molar-refractivity contribution is -0.482. The number of hydrogen-bond acceptors (Lipinski definition) is 14. The van der Waals surface area contributed by atoms with E-state index in [0.717, 1.165) is 6.92 Å². The van der Waals surface area contributed by atoms with Crippen molar-refractivity contribution in [3.05, 3.63) is 20.9 Å². The molecule has 0 spiro atoms. The fourth-order valence-corrected chi connectivity index (χ4v) is 3.71. The van der Waals surface area contributed by atoms with Crippen molar-refractivity contribution in [2.45, 2.75) is 68.0 Å². The quantitative estimate of drug-likeness (QED) is 0.0400. The average Bonchev–Trinajstić information content (AvgIpc) is 2.87. The first-order valence-corrected chi connectivity index (χ1v) is 11.1. The lowest BCUT2D eigenvalue weighted by Crippen LogP contribution is -2.73. The second kappa shape index (κ2) is 14.6. The van der Waals surface area contributed by atoms with E-state index in [1.54, 1.807) is 0 Å². The second-order valence-corrected chi connectivity index (χ2v) is 8.07. The Bertz CT molecular complexity index is 842. The third-order valence-electron chi connectivity index (χ3n) is 5.50. The molecule has 210 valence electrons. The number of aliphatic hydroxyl groups excluding tert-OH is 6. The zero-order valence-corrected chi connectivity index (χ0v) is 19.8. The molecule has 2 heterocycles. The molecule has 0 saturated carbocycles. The largest absolute Gasteiger partial charge is 0.394 e. The molecule has 2 aliphatic rings. The Hall–Kier alpha value is -2.35. The maximum absolute atomic E-state index is 11.9. The van der Waals surface area contributed by atoms with Crippen molar-refractivity contribution in [1.29, 1.82) is 0 Å². The van der Waals surface area contributed by atoms with Crippen molar-refractivity contribution in [3.63, 3.8) is 0 Å². The van der Waals surface area contributed by atoms with Gasteiger partial charge in [0.15, 0.2) is 6.29 Å². The zero-order chi connectivity index (χ0) is 27.6. The monoisotopic (exact) mass is 537 g/mol. The van der Waals surface area contributed by atoms with Crippen LogP contribution in [0, 0.1) is 0 Å². The molecule has 37 heavy (non-hydrogen) atoms. The second-order valence-electron chi connectivity index (χ2n) is 8.07. The summed E-state index contributed by atoms with van der Waals surface area (Å²) in [5.41, 5.74) is 16.9. The predicted octanol–water partition coefficient (Wildman–Crippen LogP) is -3.26. The van der Waals surface area contributed by atoms with Crippen LogP contribution in [-0.4, -0.2) is 137 Å². The smallest absolute Gasteiger partial charge is 0.310 e. The number of hydrogen-bond donors (Lipinski definition) is 7. The maximum atomic E-state index is 11.9. The summed E-state index contributed by atoms with van der Waals surface area (Å²) in [7, 11) is 0. The lowest BCUT2D eigenvalue weighted by Gasteiger charge is -2.51. The molecule has 0 bridgehead atoms. The molecule has 0 radical (unpaired) electrons. The summed E-state index contributed by atoms with van der Waals surface area (Å²) in [6.07, 6.45) is -13.6. The van der Waals surface area contributed by atoms with Crippen molar-refractivity contribution >= 4 is 5.91 Å². The van der Waals surface area contributed by atoms with Crippen LogP contribution in [0.4, 0.5) is 0 Å². The standard InChI is InChI=1S/C18H31N7O12/c1-8(27)23-16-14(31)12(29)10(7-33-4-2-21-24-19)36-18(16,34-5-3-22-25-20)37-17-15(32)13(30)11(28)9(6-26)35-17/h9-17,26,28-32H,2-7H2,1H3,(H,23,27)/t9-,10-,11-,12+,13+,14+,15-,16-,17+,18?/m1/s1. The van der Waals surface area contributed by atoms with Gasteiger partial charge in [-0.3, -0.25) is 9.53 Å². The van der Waals surface area contributed by atoms with Gasteiger partial charge in [0.25, 0.3) is 0 Å². The van der Waals surface area contributed by atoms with E-state index in [-0.39, 0.29) is 19.7 Å². The molecule has 1 amide bonds. The van der Waals surface area contributed by atoms with Gasteiger partial charge >= 0.3 is 5.97 Å². The van der Waals surface area contributed by atoms with Crippen LogP contribution >= 0.6 is 0 Å². The first kappa shape index (κ1) is 30.9. The SMILES string of the molecule is CC(=O)N[C@@H]1[C@@H](O)[C@@H](O)[C@@H](COCCN=[N+]=[N-])OC1(OCCN=[N+]=[N-])O[C@@H]1O[C@H](CO)[C@@H](O)[C@H](O)[C@H]1O. The van der Waals surface area contributed by atoms with Gasteiger partial charge in [0.2, 0.25) is 5.91 Å². The number of ether oxygens (including phenoxy) is 5. The zero-order valence-electron chi connectivity index (χ0n) is 19.8. The molecule has 19 heteroatoms. The summed E-state index contributed by atoms with van der Waals surface area (Å²) in [5.74, 6) is -3.27. The summed E-state index contributed by atoms with van der Waals surface area (Å²) in [6, 6.07) is -1.68. The van der Waals surface area contributed by atoms with Crippen LogP contribution in [0.5, 0.6) is 0 Å². The molecular weight excluding hydrogens is 506 g/mol. The van der Waals surface area contributed by atoms with Crippen molar-refractivity contribution < 1.29 is 59.1 Å². The fourth-order valence-electron chi connectivity index (χ4n) is 3.71. The van der Waals surface area contributed by atoms with Gasteiger partial charge in [-0.15, -0.1) is 0 Å². The van der Waals surface area contributed by atoms with Gasteiger partial charge in [-0.25, -0.2) is 0 Å². The van der Waals surface area contributed by atoms with E-state index >= 15 is 0 Å². The van der Waals surface area contributed by atoms with E-state index in [4.69, 9.17) is 34.7 Å². The molecule has 2 saturated heterocycles. The highest BCUT2D eigenvalue weighted by molar-refractivity contribution is 5.73. The van der Waals surface area contributed by atoms with Gasteiger partial charge in [-0.05, 0) is 11.1 Å². The lowest BCUT2D eigenvalue weighted by atomic mass is 9.94. The number of rotatable bonds is 13. The number of amides is 1. The number of carbonyl (C=O) groups excluding carboxylic acids is 1. The van der Waals surface area contributed by atoms with Crippen molar-refractivity contribution in [1.82, 2.24) is 5.32 Å². The Morgan fingerprint density at radius 1 is 0.973 bits per heavy atom. The van der Waals surface area contributed by atoms with Crippen LogP contribution in [0.15, 0.2) is 10.2 Å².